The maximum Gasteiger partial charge on any atom is 0.418 e. The first-order valence-corrected chi connectivity index (χ1v) is 11.4. The fourth-order valence-corrected chi connectivity index (χ4v) is 5.29. The SMILES string of the molecule is CNC(=O)Nc1ccc2c(c1)CC[C@]21OC(=O)N(CC(=O)N2CCOc3ccsc3C2)C1=O. The number of amides is 5. The maximum absolute atomic E-state index is 13.4. The Kier molecular flexibility index (Phi) is 5.20. The molecular weight excluding hydrogens is 448 g/mol. The van der Waals surface area contributed by atoms with E-state index in [4.69, 9.17) is 9.47 Å². The van der Waals surface area contributed by atoms with Gasteiger partial charge in [0.25, 0.3) is 5.91 Å². The molecule has 1 fully saturated rings. The van der Waals surface area contributed by atoms with Gasteiger partial charge in [-0.1, -0.05) is 6.07 Å². The van der Waals surface area contributed by atoms with Crippen molar-refractivity contribution in [1.82, 2.24) is 15.1 Å². The number of benzene rings is 1. The molecule has 5 rings (SSSR count). The molecule has 0 saturated carbocycles. The normalized spacial score (nSPS) is 21.2. The van der Waals surface area contributed by atoms with Gasteiger partial charge in [0, 0.05) is 24.7 Å². The van der Waals surface area contributed by atoms with Crippen molar-refractivity contribution in [2.24, 2.45) is 0 Å². The summed E-state index contributed by atoms with van der Waals surface area (Å²) in [4.78, 5) is 54.0. The molecule has 2 aliphatic heterocycles. The number of aryl methyl sites for hydroxylation is 1. The molecule has 0 unspecified atom stereocenters. The van der Waals surface area contributed by atoms with Crippen molar-refractivity contribution in [3.8, 4) is 5.75 Å². The third-order valence-corrected chi connectivity index (χ3v) is 7.04. The molecule has 5 amide bonds. The third-order valence-electron chi connectivity index (χ3n) is 6.15. The highest BCUT2D eigenvalue weighted by molar-refractivity contribution is 7.10. The molecule has 1 aliphatic carbocycles. The summed E-state index contributed by atoms with van der Waals surface area (Å²) in [5.41, 5.74) is 0.546. The molecule has 0 radical (unpaired) electrons. The molecular formula is C22H22N4O6S. The quantitative estimate of drug-likeness (QED) is 0.709. The predicted octanol–water partition coefficient (Wildman–Crippen LogP) is 2.04. The molecule has 1 saturated heterocycles. The van der Waals surface area contributed by atoms with Gasteiger partial charge in [0.15, 0.2) is 0 Å². The van der Waals surface area contributed by atoms with Crippen LogP contribution < -0.4 is 15.4 Å². The van der Waals surface area contributed by atoms with Crippen LogP contribution in [0.5, 0.6) is 5.75 Å². The number of hydrogen-bond acceptors (Lipinski definition) is 7. The first-order chi connectivity index (χ1) is 15.9. The second kappa shape index (κ2) is 8.07. The molecule has 1 aromatic carbocycles. The Morgan fingerprint density at radius 3 is 2.91 bits per heavy atom. The van der Waals surface area contributed by atoms with Crippen molar-refractivity contribution in [3.63, 3.8) is 0 Å². The zero-order valence-electron chi connectivity index (χ0n) is 17.9. The zero-order valence-corrected chi connectivity index (χ0v) is 18.7. The van der Waals surface area contributed by atoms with E-state index in [0.717, 1.165) is 21.1 Å². The summed E-state index contributed by atoms with van der Waals surface area (Å²) in [6.45, 7) is 0.702. The van der Waals surface area contributed by atoms with Crippen LogP contribution in [-0.4, -0.2) is 60.5 Å². The van der Waals surface area contributed by atoms with Crippen molar-refractivity contribution in [2.75, 3.05) is 32.1 Å². The highest BCUT2D eigenvalue weighted by Gasteiger charge is 2.58. The fourth-order valence-electron chi connectivity index (χ4n) is 4.46. The highest BCUT2D eigenvalue weighted by Crippen LogP contribution is 2.46. The number of anilines is 1. The van der Waals surface area contributed by atoms with Crippen LogP contribution in [-0.2, 0) is 32.9 Å². The van der Waals surface area contributed by atoms with Gasteiger partial charge in [-0.2, -0.15) is 0 Å². The summed E-state index contributed by atoms with van der Waals surface area (Å²) in [7, 11) is 1.52. The number of rotatable bonds is 3. The predicted molar refractivity (Wildman–Crippen MR) is 118 cm³/mol. The molecule has 2 aromatic rings. The van der Waals surface area contributed by atoms with E-state index in [9.17, 15) is 19.2 Å². The minimum absolute atomic E-state index is 0.289. The average molecular weight is 471 g/mol. The maximum atomic E-state index is 13.4. The number of nitrogens with zero attached hydrogens (tertiary/aromatic N) is 2. The summed E-state index contributed by atoms with van der Waals surface area (Å²) in [5, 5.41) is 7.07. The van der Waals surface area contributed by atoms with Crippen molar-refractivity contribution < 1.29 is 28.7 Å². The van der Waals surface area contributed by atoms with Crippen LogP contribution in [0.25, 0.3) is 0 Å². The Morgan fingerprint density at radius 1 is 1.24 bits per heavy atom. The van der Waals surface area contributed by atoms with E-state index in [-0.39, 0.29) is 24.9 Å². The monoisotopic (exact) mass is 470 g/mol. The number of carbonyl (C=O) groups is 4. The summed E-state index contributed by atoms with van der Waals surface area (Å²) in [5.74, 6) is -0.112. The van der Waals surface area contributed by atoms with Crippen LogP contribution in [0, 0.1) is 0 Å². The van der Waals surface area contributed by atoms with Gasteiger partial charge < -0.3 is 25.0 Å². The molecule has 2 N–H and O–H groups in total. The first kappa shape index (κ1) is 21.3. The number of thiophene rings is 1. The lowest BCUT2D eigenvalue weighted by atomic mass is 9.94. The van der Waals surface area contributed by atoms with Gasteiger partial charge in [0.05, 0.1) is 18.0 Å². The van der Waals surface area contributed by atoms with Crippen molar-refractivity contribution in [3.05, 3.63) is 45.6 Å². The van der Waals surface area contributed by atoms with E-state index in [1.807, 2.05) is 11.4 Å². The number of nitrogens with one attached hydrogen (secondary N) is 2. The Balaban J connectivity index is 1.33. The summed E-state index contributed by atoms with van der Waals surface area (Å²) in [6.07, 6.45) is -0.0297. The molecule has 1 atom stereocenters. The molecule has 3 heterocycles. The lowest BCUT2D eigenvalue weighted by Gasteiger charge is -2.23. The third kappa shape index (κ3) is 3.58. The van der Waals surface area contributed by atoms with E-state index < -0.39 is 17.6 Å². The second-order valence-corrected chi connectivity index (χ2v) is 9.03. The minimum atomic E-state index is -1.43. The Hall–Kier alpha value is -3.60. The highest BCUT2D eigenvalue weighted by atomic mass is 32.1. The fraction of sp³-hybridized carbons (Fsp3) is 0.364. The molecule has 10 nitrogen and oxygen atoms in total. The molecule has 3 aliphatic rings. The van der Waals surface area contributed by atoms with Crippen LogP contribution in [0.1, 0.15) is 22.4 Å². The summed E-state index contributed by atoms with van der Waals surface area (Å²) >= 11 is 1.50. The van der Waals surface area contributed by atoms with Gasteiger partial charge in [-0.05, 0) is 35.6 Å². The molecule has 172 valence electrons. The van der Waals surface area contributed by atoms with Crippen LogP contribution >= 0.6 is 11.3 Å². The smallest absolute Gasteiger partial charge is 0.418 e. The van der Waals surface area contributed by atoms with Gasteiger partial charge in [-0.15, -0.1) is 11.3 Å². The van der Waals surface area contributed by atoms with E-state index in [2.05, 4.69) is 10.6 Å². The molecule has 33 heavy (non-hydrogen) atoms. The Labute approximate surface area is 193 Å². The van der Waals surface area contributed by atoms with Gasteiger partial charge in [-0.3, -0.25) is 9.59 Å². The lowest BCUT2D eigenvalue weighted by molar-refractivity contribution is -0.142. The van der Waals surface area contributed by atoms with Gasteiger partial charge in [0.1, 0.15) is 18.9 Å². The zero-order chi connectivity index (χ0) is 23.2. The number of urea groups is 1. The number of imide groups is 1. The van der Waals surface area contributed by atoms with Crippen molar-refractivity contribution in [1.29, 1.82) is 0 Å². The summed E-state index contributed by atoms with van der Waals surface area (Å²) in [6, 6.07) is 6.63. The van der Waals surface area contributed by atoms with Crippen LogP contribution in [0.15, 0.2) is 29.6 Å². The largest absolute Gasteiger partial charge is 0.491 e. The van der Waals surface area contributed by atoms with E-state index in [1.54, 1.807) is 23.1 Å². The first-order valence-electron chi connectivity index (χ1n) is 10.6. The van der Waals surface area contributed by atoms with E-state index in [0.29, 0.717) is 37.4 Å². The van der Waals surface area contributed by atoms with Gasteiger partial charge in [-0.25, -0.2) is 14.5 Å². The lowest BCUT2D eigenvalue weighted by Crippen LogP contribution is -2.45. The van der Waals surface area contributed by atoms with Crippen LogP contribution in [0.3, 0.4) is 0 Å². The standard InChI is InChI=1S/C22H22N4O6S/c1-23-20(29)24-14-2-3-15-13(10-14)4-6-22(15)19(28)26(21(30)32-22)12-18(27)25-7-8-31-16-5-9-33-17(16)11-25/h2-3,5,9-10H,4,6-8,11-12H2,1H3,(H2,23,24,29)/t22-/m0/s1. The van der Waals surface area contributed by atoms with Crippen LogP contribution in [0.2, 0.25) is 0 Å². The minimum Gasteiger partial charge on any atom is -0.491 e. The van der Waals surface area contributed by atoms with Gasteiger partial charge in [0.2, 0.25) is 11.5 Å². The number of carbonyl (C=O) groups excluding carboxylic acids is 4. The van der Waals surface area contributed by atoms with Crippen molar-refractivity contribution >= 4 is 41.0 Å². The number of hydrogen-bond donors (Lipinski definition) is 2. The topological polar surface area (TPSA) is 117 Å². The number of ether oxygens (including phenoxy) is 2. The second-order valence-electron chi connectivity index (χ2n) is 8.03. The van der Waals surface area contributed by atoms with Crippen LogP contribution in [0.4, 0.5) is 15.3 Å². The molecule has 1 aromatic heterocycles. The van der Waals surface area contributed by atoms with Crippen molar-refractivity contribution in [2.45, 2.75) is 25.0 Å². The molecule has 0 bridgehead atoms. The van der Waals surface area contributed by atoms with E-state index in [1.165, 1.54) is 18.4 Å². The summed E-state index contributed by atoms with van der Waals surface area (Å²) < 4.78 is 11.3. The molecule has 1 spiro atoms. The average Bonchev–Trinajstić information content (AvgIpc) is 3.41. The van der Waals surface area contributed by atoms with E-state index >= 15 is 0 Å². The molecule has 11 heteroatoms. The Morgan fingerprint density at radius 2 is 2.09 bits per heavy atom. The number of fused-ring (bicyclic) bond motifs is 3. The van der Waals surface area contributed by atoms with Gasteiger partial charge >= 0.3 is 12.1 Å². The Bertz CT molecular complexity index is 1160.